The zero-order valence-corrected chi connectivity index (χ0v) is 15.3. The van der Waals surface area contributed by atoms with Gasteiger partial charge in [0.05, 0.1) is 0 Å². The van der Waals surface area contributed by atoms with Gasteiger partial charge in [-0.1, -0.05) is 49.4 Å². The van der Waals surface area contributed by atoms with Gasteiger partial charge in [0.1, 0.15) is 5.75 Å². The van der Waals surface area contributed by atoms with Crippen LogP contribution >= 0.6 is 0 Å². The Bertz CT molecular complexity index is 764. The van der Waals surface area contributed by atoms with Crippen LogP contribution in [0.1, 0.15) is 30.0 Å². The molecule has 2 heterocycles. The Labute approximate surface area is 155 Å². The van der Waals surface area contributed by atoms with Crippen molar-refractivity contribution in [3.63, 3.8) is 0 Å². The van der Waals surface area contributed by atoms with Crippen LogP contribution in [0, 0.1) is 0 Å². The molecule has 2 aliphatic heterocycles. The molecule has 0 aromatic heterocycles. The molecule has 136 valence electrons. The molecule has 0 saturated carbocycles. The number of fused-ring (bicyclic) bond motifs is 2. The van der Waals surface area contributed by atoms with E-state index >= 15 is 0 Å². The molecule has 2 unspecified atom stereocenters. The Morgan fingerprint density at radius 1 is 1.15 bits per heavy atom. The van der Waals surface area contributed by atoms with Gasteiger partial charge in [0.15, 0.2) is 6.10 Å². The van der Waals surface area contributed by atoms with Gasteiger partial charge in [-0.3, -0.25) is 9.69 Å². The van der Waals surface area contributed by atoms with Crippen LogP contribution in [-0.2, 0) is 24.2 Å². The van der Waals surface area contributed by atoms with Gasteiger partial charge < -0.3 is 10.1 Å². The van der Waals surface area contributed by atoms with Crippen LogP contribution in [0.25, 0.3) is 0 Å². The van der Waals surface area contributed by atoms with Crippen LogP contribution in [0.3, 0.4) is 0 Å². The Hall–Kier alpha value is -2.33. The second kappa shape index (κ2) is 7.50. The zero-order valence-electron chi connectivity index (χ0n) is 15.3. The third-order valence-corrected chi connectivity index (χ3v) is 5.60. The summed E-state index contributed by atoms with van der Waals surface area (Å²) in [5, 5.41) is 3.13. The number of nitrogens with one attached hydrogen (secondary N) is 1. The van der Waals surface area contributed by atoms with E-state index in [2.05, 4.69) is 41.4 Å². The highest BCUT2D eigenvalue weighted by Gasteiger charge is 2.29. The highest BCUT2D eigenvalue weighted by Crippen LogP contribution is 2.28. The summed E-state index contributed by atoms with van der Waals surface area (Å²) in [6.07, 6.45) is 2.37. The highest BCUT2D eigenvalue weighted by atomic mass is 16.5. The molecule has 0 spiro atoms. The molecule has 4 nitrogen and oxygen atoms in total. The fourth-order valence-corrected chi connectivity index (χ4v) is 4.02. The van der Waals surface area contributed by atoms with Crippen molar-refractivity contribution < 1.29 is 9.53 Å². The maximum Gasteiger partial charge on any atom is 0.261 e. The number of hydrogen-bond acceptors (Lipinski definition) is 3. The summed E-state index contributed by atoms with van der Waals surface area (Å²) in [4.78, 5) is 15.1. The predicted molar refractivity (Wildman–Crippen MR) is 102 cm³/mol. The third kappa shape index (κ3) is 3.47. The summed E-state index contributed by atoms with van der Waals surface area (Å²) >= 11 is 0. The van der Waals surface area contributed by atoms with Crippen molar-refractivity contribution in [1.82, 2.24) is 10.2 Å². The van der Waals surface area contributed by atoms with Crippen molar-refractivity contribution >= 4 is 5.91 Å². The average Bonchev–Trinajstić information content (AvgIpc) is 3.12. The summed E-state index contributed by atoms with van der Waals surface area (Å²) < 4.78 is 5.80. The largest absolute Gasteiger partial charge is 0.480 e. The maximum absolute atomic E-state index is 12.6. The van der Waals surface area contributed by atoms with E-state index in [9.17, 15) is 4.79 Å². The molecule has 26 heavy (non-hydrogen) atoms. The summed E-state index contributed by atoms with van der Waals surface area (Å²) in [6.45, 7) is 4.89. The predicted octanol–water partition coefficient (Wildman–Crippen LogP) is 2.94. The van der Waals surface area contributed by atoms with Gasteiger partial charge in [0.2, 0.25) is 0 Å². The number of para-hydroxylation sites is 1. The SMILES string of the molecule is CCC(CNC(=O)C1Cc2ccccc2O1)N1CCc2ccccc2C1. The first-order valence-corrected chi connectivity index (χ1v) is 9.57. The Balaban J connectivity index is 1.33. The van der Waals surface area contributed by atoms with Crippen LogP contribution in [0.15, 0.2) is 48.5 Å². The zero-order chi connectivity index (χ0) is 17.9. The van der Waals surface area contributed by atoms with Crippen LogP contribution in [0.4, 0.5) is 0 Å². The molecule has 0 radical (unpaired) electrons. The van der Waals surface area contributed by atoms with E-state index in [0.29, 0.717) is 19.0 Å². The van der Waals surface area contributed by atoms with Crippen molar-refractivity contribution in [2.24, 2.45) is 0 Å². The topological polar surface area (TPSA) is 41.6 Å². The number of rotatable bonds is 5. The summed E-state index contributed by atoms with van der Waals surface area (Å²) in [7, 11) is 0. The number of benzene rings is 2. The molecule has 0 aliphatic carbocycles. The van der Waals surface area contributed by atoms with Gasteiger partial charge in [0, 0.05) is 32.1 Å². The van der Waals surface area contributed by atoms with E-state index in [1.165, 1.54) is 11.1 Å². The molecule has 1 N–H and O–H groups in total. The minimum Gasteiger partial charge on any atom is -0.480 e. The summed E-state index contributed by atoms with van der Waals surface area (Å²) in [6, 6.07) is 16.9. The van der Waals surface area contributed by atoms with Crippen LogP contribution in [-0.4, -0.2) is 36.0 Å². The van der Waals surface area contributed by atoms with E-state index in [-0.39, 0.29) is 5.91 Å². The number of nitrogens with zero attached hydrogens (tertiary/aromatic N) is 1. The first kappa shape index (κ1) is 17.1. The molecular formula is C22H26N2O2. The molecule has 2 atom stereocenters. The van der Waals surface area contributed by atoms with E-state index in [4.69, 9.17) is 4.74 Å². The molecule has 2 aromatic rings. The van der Waals surface area contributed by atoms with E-state index < -0.39 is 6.10 Å². The number of carbonyl (C=O) groups excluding carboxylic acids is 1. The lowest BCUT2D eigenvalue weighted by Crippen LogP contribution is -2.48. The molecular weight excluding hydrogens is 324 g/mol. The highest BCUT2D eigenvalue weighted by molar-refractivity contribution is 5.82. The molecule has 2 aromatic carbocycles. The second-order valence-electron chi connectivity index (χ2n) is 7.21. The number of ether oxygens (including phenoxy) is 1. The number of amides is 1. The summed E-state index contributed by atoms with van der Waals surface area (Å²) in [5.74, 6) is 0.837. The molecule has 4 rings (SSSR count). The van der Waals surface area contributed by atoms with Gasteiger partial charge in [-0.25, -0.2) is 0 Å². The van der Waals surface area contributed by atoms with Crippen LogP contribution < -0.4 is 10.1 Å². The molecule has 0 saturated heterocycles. The van der Waals surface area contributed by atoms with Crippen LogP contribution in [0.2, 0.25) is 0 Å². The lowest BCUT2D eigenvalue weighted by Gasteiger charge is -2.35. The van der Waals surface area contributed by atoms with Gasteiger partial charge in [-0.2, -0.15) is 0 Å². The second-order valence-corrected chi connectivity index (χ2v) is 7.21. The maximum atomic E-state index is 12.6. The van der Waals surface area contributed by atoms with Crippen molar-refractivity contribution in [2.45, 2.75) is 44.9 Å². The molecule has 0 bridgehead atoms. The number of hydrogen-bond donors (Lipinski definition) is 1. The molecule has 0 fully saturated rings. The first-order valence-electron chi connectivity index (χ1n) is 9.57. The number of carbonyl (C=O) groups is 1. The van der Waals surface area contributed by atoms with Gasteiger partial charge in [-0.15, -0.1) is 0 Å². The Morgan fingerprint density at radius 2 is 1.88 bits per heavy atom. The Kier molecular flexibility index (Phi) is 4.93. The fraction of sp³-hybridized carbons (Fsp3) is 0.409. The average molecular weight is 350 g/mol. The van der Waals surface area contributed by atoms with Crippen molar-refractivity contribution in [1.29, 1.82) is 0 Å². The van der Waals surface area contributed by atoms with E-state index in [1.54, 1.807) is 0 Å². The molecule has 4 heteroatoms. The van der Waals surface area contributed by atoms with Crippen LogP contribution in [0.5, 0.6) is 5.75 Å². The van der Waals surface area contributed by atoms with Crippen molar-refractivity contribution in [2.75, 3.05) is 13.1 Å². The van der Waals surface area contributed by atoms with Crippen molar-refractivity contribution in [3.05, 3.63) is 65.2 Å². The normalized spacial score (nSPS) is 20.0. The monoisotopic (exact) mass is 350 g/mol. The van der Waals surface area contributed by atoms with Crippen molar-refractivity contribution in [3.8, 4) is 5.75 Å². The minimum atomic E-state index is -0.396. The van der Waals surface area contributed by atoms with Gasteiger partial charge >= 0.3 is 0 Å². The Morgan fingerprint density at radius 3 is 2.65 bits per heavy atom. The lowest BCUT2D eigenvalue weighted by molar-refractivity contribution is -0.127. The molecule has 1 amide bonds. The first-order chi connectivity index (χ1) is 12.7. The third-order valence-electron chi connectivity index (χ3n) is 5.60. The summed E-state index contributed by atoms with van der Waals surface area (Å²) in [5.41, 5.74) is 3.99. The quantitative estimate of drug-likeness (QED) is 0.901. The van der Waals surface area contributed by atoms with E-state index in [0.717, 1.165) is 37.2 Å². The fourth-order valence-electron chi connectivity index (χ4n) is 4.02. The minimum absolute atomic E-state index is 0.00272. The van der Waals surface area contributed by atoms with Gasteiger partial charge in [-0.05, 0) is 35.6 Å². The van der Waals surface area contributed by atoms with Gasteiger partial charge in [0.25, 0.3) is 5.91 Å². The molecule has 2 aliphatic rings. The van der Waals surface area contributed by atoms with E-state index in [1.807, 2.05) is 24.3 Å². The smallest absolute Gasteiger partial charge is 0.261 e. The lowest BCUT2D eigenvalue weighted by atomic mass is 9.98. The standard InChI is InChI=1S/C22H26N2O2/c1-2-19(24-12-11-16-7-3-4-9-18(16)15-24)14-23-22(25)21-13-17-8-5-6-10-20(17)26-21/h3-10,19,21H,2,11-15H2,1H3,(H,23,25).